The first-order valence-electron chi connectivity index (χ1n) is 4.74. The molecule has 0 unspecified atom stereocenters. The highest BCUT2D eigenvalue weighted by molar-refractivity contribution is 8.00. The molecule has 0 aliphatic heterocycles. The minimum atomic E-state index is 0.534. The zero-order valence-electron chi connectivity index (χ0n) is 8.40. The highest BCUT2D eigenvalue weighted by Gasteiger charge is 2.35. The van der Waals surface area contributed by atoms with Crippen LogP contribution in [0.4, 0.5) is 0 Å². The van der Waals surface area contributed by atoms with Crippen molar-refractivity contribution in [1.29, 1.82) is 0 Å². The van der Waals surface area contributed by atoms with E-state index < -0.39 is 0 Å². The van der Waals surface area contributed by atoms with E-state index in [1.165, 1.54) is 24.8 Å². The first-order chi connectivity index (χ1) is 6.22. The summed E-state index contributed by atoms with van der Waals surface area (Å²) < 4.78 is 0.534. The molecule has 1 aliphatic rings. The fraction of sp³-hybridized carbons (Fsp3) is 0.800. The molecule has 1 N–H and O–H groups in total. The van der Waals surface area contributed by atoms with Crippen molar-refractivity contribution in [3.8, 4) is 0 Å². The van der Waals surface area contributed by atoms with Crippen LogP contribution in [0.2, 0.25) is 0 Å². The van der Waals surface area contributed by atoms with Gasteiger partial charge in [0.15, 0.2) is 0 Å². The summed E-state index contributed by atoms with van der Waals surface area (Å²) in [6.07, 6.45) is 6.34. The average Bonchev–Trinajstić information content (AvgIpc) is 2.09. The molecular weight excluding hydrogens is 202 g/mol. The highest BCUT2D eigenvalue weighted by Crippen LogP contribution is 2.42. The topological polar surface area (TPSA) is 12.0 Å². The Hall–Kier alpha value is 0.340. The molecule has 1 aliphatic carbocycles. The number of rotatable bonds is 5. The lowest BCUT2D eigenvalue weighted by Crippen LogP contribution is -2.43. The van der Waals surface area contributed by atoms with E-state index in [9.17, 15) is 0 Å². The van der Waals surface area contributed by atoms with Gasteiger partial charge in [0.05, 0.1) is 0 Å². The Morgan fingerprint density at radius 3 is 2.69 bits per heavy atom. The average molecular weight is 220 g/mol. The lowest BCUT2D eigenvalue weighted by molar-refractivity contribution is 0.350. The molecular formula is C10H18ClNS. The van der Waals surface area contributed by atoms with Crippen molar-refractivity contribution in [2.75, 3.05) is 19.3 Å². The summed E-state index contributed by atoms with van der Waals surface area (Å²) in [7, 11) is 0. The van der Waals surface area contributed by atoms with E-state index >= 15 is 0 Å². The summed E-state index contributed by atoms with van der Waals surface area (Å²) in [4.78, 5) is 0. The number of hydrogen-bond acceptors (Lipinski definition) is 2. The number of thioether (sulfide) groups is 1. The van der Waals surface area contributed by atoms with Crippen molar-refractivity contribution in [2.45, 2.75) is 30.9 Å². The Morgan fingerprint density at radius 2 is 2.31 bits per heavy atom. The molecule has 1 fully saturated rings. The Labute approximate surface area is 90.3 Å². The first kappa shape index (κ1) is 11.4. The first-order valence-corrected chi connectivity index (χ1v) is 6.40. The Balaban J connectivity index is 2.18. The molecule has 0 atom stereocenters. The molecule has 0 aromatic heterocycles. The van der Waals surface area contributed by atoms with E-state index in [4.69, 9.17) is 11.6 Å². The van der Waals surface area contributed by atoms with Crippen molar-refractivity contribution < 1.29 is 0 Å². The molecule has 0 heterocycles. The largest absolute Gasteiger partial charge is 0.312 e. The molecule has 76 valence electrons. The third kappa shape index (κ3) is 3.19. The van der Waals surface area contributed by atoms with Crippen molar-refractivity contribution in [3.05, 3.63) is 11.1 Å². The van der Waals surface area contributed by atoms with Crippen LogP contribution in [0.3, 0.4) is 0 Å². The molecule has 1 rings (SSSR count). The Morgan fingerprint density at radius 1 is 1.62 bits per heavy atom. The van der Waals surface area contributed by atoms with Gasteiger partial charge in [0.25, 0.3) is 0 Å². The van der Waals surface area contributed by atoms with Crippen LogP contribution in [0, 0.1) is 0 Å². The fourth-order valence-electron chi connectivity index (χ4n) is 1.55. The lowest BCUT2D eigenvalue weighted by Gasteiger charge is -2.40. The van der Waals surface area contributed by atoms with Gasteiger partial charge in [-0.2, -0.15) is 11.8 Å². The minimum Gasteiger partial charge on any atom is -0.312 e. The van der Waals surface area contributed by atoms with Gasteiger partial charge in [-0.1, -0.05) is 18.0 Å². The van der Waals surface area contributed by atoms with E-state index in [0.717, 1.165) is 13.1 Å². The maximum atomic E-state index is 5.58. The van der Waals surface area contributed by atoms with Gasteiger partial charge in [-0.25, -0.2) is 0 Å². The highest BCUT2D eigenvalue weighted by atomic mass is 35.5. The monoisotopic (exact) mass is 219 g/mol. The van der Waals surface area contributed by atoms with Gasteiger partial charge in [-0.15, -0.1) is 0 Å². The second kappa shape index (κ2) is 5.28. The van der Waals surface area contributed by atoms with Gasteiger partial charge in [0.1, 0.15) is 0 Å². The second-order valence-corrected chi connectivity index (χ2v) is 5.29. The fourth-order valence-corrected chi connectivity index (χ4v) is 2.57. The number of nitrogens with one attached hydrogen (secondary N) is 1. The summed E-state index contributed by atoms with van der Waals surface area (Å²) in [5.74, 6) is 0. The van der Waals surface area contributed by atoms with Crippen LogP contribution in [0.15, 0.2) is 11.1 Å². The lowest BCUT2D eigenvalue weighted by atomic mass is 9.84. The third-order valence-electron chi connectivity index (χ3n) is 2.74. The van der Waals surface area contributed by atoms with Gasteiger partial charge in [-0.3, -0.25) is 0 Å². The summed E-state index contributed by atoms with van der Waals surface area (Å²) in [5, 5.41) is 3.46. The summed E-state index contributed by atoms with van der Waals surface area (Å²) in [6, 6.07) is 0. The van der Waals surface area contributed by atoms with Crippen LogP contribution < -0.4 is 5.32 Å². The van der Waals surface area contributed by atoms with Crippen LogP contribution in [-0.4, -0.2) is 24.1 Å². The van der Waals surface area contributed by atoms with E-state index in [2.05, 4.69) is 11.6 Å². The second-order valence-electron chi connectivity index (χ2n) is 3.80. The molecule has 0 aromatic rings. The van der Waals surface area contributed by atoms with E-state index in [-0.39, 0.29) is 0 Å². The molecule has 0 radical (unpaired) electrons. The maximum Gasteiger partial charge on any atom is 0.0281 e. The minimum absolute atomic E-state index is 0.534. The molecule has 1 saturated carbocycles. The molecule has 13 heavy (non-hydrogen) atoms. The Bertz CT molecular complexity index is 182. The van der Waals surface area contributed by atoms with Crippen LogP contribution in [0.5, 0.6) is 0 Å². The zero-order valence-corrected chi connectivity index (χ0v) is 9.97. The summed E-state index contributed by atoms with van der Waals surface area (Å²) in [5.41, 5.74) is 2.86. The summed E-state index contributed by atoms with van der Waals surface area (Å²) in [6.45, 7) is 4.09. The standard InChI is InChI=1S/C10H18ClNS/c1-9(6-11)7-12-8-10(13-2)4-3-5-10/h6,12H,3-5,7-8H2,1-2H3. The van der Waals surface area contributed by atoms with Crippen molar-refractivity contribution in [1.82, 2.24) is 5.32 Å². The normalized spacial score (nSPS) is 21.3. The van der Waals surface area contributed by atoms with E-state index in [1.54, 1.807) is 5.54 Å². The van der Waals surface area contributed by atoms with Gasteiger partial charge in [0, 0.05) is 23.4 Å². The van der Waals surface area contributed by atoms with Crippen LogP contribution in [0.25, 0.3) is 0 Å². The molecule has 0 bridgehead atoms. The predicted octanol–water partition coefficient (Wildman–Crippen LogP) is 3.00. The smallest absolute Gasteiger partial charge is 0.0281 e. The van der Waals surface area contributed by atoms with Crippen molar-refractivity contribution in [3.63, 3.8) is 0 Å². The van der Waals surface area contributed by atoms with Gasteiger partial charge in [0.2, 0.25) is 0 Å². The number of hydrogen-bond donors (Lipinski definition) is 1. The molecule has 0 amide bonds. The van der Waals surface area contributed by atoms with Gasteiger partial charge < -0.3 is 5.32 Å². The summed E-state index contributed by atoms with van der Waals surface area (Å²) >= 11 is 7.58. The third-order valence-corrected chi connectivity index (χ3v) is 4.53. The van der Waals surface area contributed by atoms with E-state index in [1.807, 2.05) is 18.7 Å². The predicted molar refractivity (Wildman–Crippen MR) is 62.6 cm³/mol. The maximum absolute atomic E-state index is 5.58. The van der Waals surface area contributed by atoms with Crippen LogP contribution in [0.1, 0.15) is 26.2 Å². The molecule has 0 spiro atoms. The van der Waals surface area contributed by atoms with Crippen LogP contribution >= 0.6 is 23.4 Å². The Kier molecular flexibility index (Phi) is 4.63. The molecule has 1 nitrogen and oxygen atoms in total. The van der Waals surface area contributed by atoms with Crippen LogP contribution in [-0.2, 0) is 0 Å². The zero-order chi connectivity index (χ0) is 9.73. The molecule has 0 aromatic carbocycles. The van der Waals surface area contributed by atoms with Gasteiger partial charge in [-0.05, 0) is 31.6 Å². The molecule has 0 saturated heterocycles. The number of halogens is 1. The molecule has 3 heteroatoms. The van der Waals surface area contributed by atoms with E-state index in [0.29, 0.717) is 4.75 Å². The van der Waals surface area contributed by atoms with Crippen molar-refractivity contribution >= 4 is 23.4 Å². The van der Waals surface area contributed by atoms with Gasteiger partial charge >= 0.3 is 0 Å². The quantitative estimate of drug-likeness (QED) is 0.763. The SMILES string of the molecule is CSC1(CNCC(C)=CCl)CCC1. The van der Waals surface area contributed by atoms with Crippen molar-refractivity contribution in [2.24, 2.45) is 0 Å².